The van der Waals surface area contributed by atoms with Crippen LogP contribution < -0.4 is 0 Å². The Hall–Kier alpha value is -0.850. The maximum absolute atomic E-state index is 12.7. The van der Waals surface area contributed by atoms with E-state index in [1.165, 1.54) is 11.8 Å². The molecule has 0 fully saturated rings. The zero-order valence-corrected chi connectivity index (χ0v) is 12.8. The standard InChI is InChI=1S/C12H9Cl2F3N2S/c1-19-10(20-2)5-9(18-19)11-7(13)3-6(4-8(11)14)12(15,16)17/h3-5H,1-2H3. The summed E-state index contributed by atoms with van der Waals surface area (Å²) >= 11 is 13.3. The molecule has 0 spiro atoms. The van der Waals surface area contributed by atoms with Crippen molar-refractivity contribution < 1.29 is 13.2 Å². The van der Waals surface area contributed by atoms with Gasteiger partial charge in [-0.05, 0) is 24.5 Å². The maximum atomic E-state index is 12.7. The normalized spacial score (nSPS) is 11.9. The van der Waals surface area contributed by atoms with Crippen LogP contribution in [0.25, 0.3) is 11.3 Å². The van der Waals surface area contributed by atoms with Crippen LogP contribution in [0, 0.1) is 0 Å². The molecule has 0 atom stereocenters. The molecular formula is C12H9Cl2F3N2S. The zero-order valence-electron chi connectivity index (χ0n) is 10.4. The second-order valence-corrected chi connectivity index (χ2v) is 5.65. The topological polar surface area (TPSA) is 17.8 Å². The van der Waals surface area contributed by atoms with Gasteiger partial charge in [0.25, 0.3) is 0 Å². The maximum Gasteiger partial charge on any atom is 0.416 e. The predicted octanol–water partition coefficient (Wildman–Crippen LogP) is 5.13. The Morgan fingerprint density at radius 2 is 1.70 bits per heavy atom. The lowest BCUT2D eigenvalue weighted by atomic mass is 10.1. The van der Waals surface area contributed by atoms with Crippen LogP contribution in [0.5, 0.6) is 0 Å². The Bertz CT molecular complexity index is 630. The molecule has 0 saturated heterocycles. The molecule has 2 nitrogen and oxygen atoms in total. The fourth-order valence-corrected chi connectivity index (χ4v) is 2.96. The fraction of sp³-hybridized carbons (Fsp3) is 0.250. The van der Waals surface area contributed by atoms with Crippen molar-refractivity contribution in [3.05, 3.63) is 33.8 Å². The van der Waals surface area contributed by atoms with Crippen LogP contribution in [0.4, 0.5) is 13.2 Å². The monoisotopic (exact) mass is 340 g/mol. The molecule has 0 aliphatic rings. The van der Waals surface area contributed by atoms with Crippen molar-refractivity contribution in [2.75, 3.05) is 6.26 Å². The number of rotatable bonds is 2. The van der Waals surface area contributed by atoms with Crippen molar-refractivity contribution in [3.63, 3.8) is 0 Å². The van der Waals surface area contributed by atoms with E-state index < -0.39 is 11.7 Å². The first kappa shape index (κ1) is 15.5. The van der Waals surface area contributed by atoms with E-state index in [-0.39, 0.29) is 10.0 Å². The third-order valence-electron chi connectivity index (χ3n) is 2.67. The first-order valence-electron chi connectivity index (χ1n) is 5.38. The summed E-state index contributed by atoms with van der Waals surface area (Å²) in [6, 6.07) is 3.44. The second kappa shape index (κ2) is 5.50. The first-order valence-corrected chi connectivity index (χ1v) is 7.36. The molecule has 20 heavy (non-hydrogen) atoms. The summed E-state index contributed by atoms with van der Waals surface area (Å²) in [6.07, 6.45) is -2.61. The summed E-state index contributed by atoms with van der Waals surface area (Å²) in [6.45, 7) is 0. The number of halogens is 5. The number of thioether (sulfide) groups is 1. The summed E-state index contributed by atoms with van der Waals surface area (Å²) in [5.41, 5.74) is -0.130. The van der Waals surface area contributed by atoms with E-state index in [1.54, 1.807) is 17.8 Å². The van der Waals surface area contributed by atoms with Crippen LogP contribution in [0.1, 0.15) is 5.56 Å². The highest BCUT2D eigenvalue weighted by molar-refractivity contribution is 7.98. The molecule has 0 amide bonds. The van der Waals surface area contributed by atoms with E-state index in [0.717, 1.165) is 17.2 Å². The van der Waals surface area contributed by atoms with Crippen molar-refractivity contribution in [2.45, 2.75) is 11.2 Å². The molecule has 0 N–H and O–H groups in total. The molecule has 108 valence electrons. The Balaban J connectivity index is 2.58. The fourth-order valence-electron chi connectivity index (χ4n) is 1.74. The molecule has 1 aromatic carbocycles. The van der Waals surface area contributed by atoms with E-state index >= 15 is 0 Å². The third kappa shape index (κ3) is 2.92. The number of hydrogen-bond acceptors (Lipinski definition) is 2. The second-order valence-electron chi connectivity index (χ2n) is 4.01. The largest absolute Gasteiger partial charge is 0.416 e. The average Bonchev–Trinajstić information content (AvgIpc) is 2.68. The molecule has 2 aromatic rings. The minimum absolute atomic E-state index is 0.0735. The van der Waals surface area contributed by atoms with E-state index in [0.29, 0.717) is 11.3 Å². The Morgan fingerprint density at radius 1 is 1.15 bits per heavy atom. The molecule has 0 aliphatic carbocycles. The molecule has 0 saturated carbocycles. The summed E-state index contributed by atoms with van der Waals surface area (Å²) in [7, 11) is 1.74. The van der Waals surface area contributed by atoms with Crippen LogP contribution in [-0.2, 0) is 13.2 Å². The van der Waals surface area contributed by atoms with E-state index in [2.05, 4.69) is 5.10 Å². The lowest BCUT2D eigenvalue weighted by Crippen LogP contribution is -2.05. The SMILES string of the molecule is CSc1cc(-c2c(Cl)cc(C(F)(F)F)cc2Cl)nn1C. The van der Waals surface area contributed by atoms with Gasteiger partial charge in [0.15, 0.2) is 0 Å². The van der Waals surface area contributed by atoms with E-state index in [1.807, 2.05) is 6.26 Å². The number of hydrogen-bond donors (Lipinski definition) is 0. The van der Waals surface area contributed by atoms with Gasteiger partial charge in [-0.2, -0.15) is 18.3 Å². The Morgan fingerprint density at radius 3 is 2.10 bits per heavy atom. The van der Waals surface area contributed by atoms with E-state index in [4.69, 9.17) is 23.2 Å². The molecule has 0 unspecified atom stereocenters. The number of benzene rings is 1. The van der Waals surface area contributed by atoms with Crippen molar-refractivity contribution in [1.29, 1.82) is 0 Å². The van der Waals surface area contributed by atoms with Crippen LogP contribution in [0.3, 0.4) is 0 Å². The Labute approximate surface area is 127 Å². The van der Waals surface area contributed by atoms with Crippen LogP contribution in [-0.4, -0.2) is 16.0 Å². The van der Waals surface area contributed by atoms with Gasteiger partial charge in [0.2, 0.25) is 0 Å². The number of nitrogens with zero attached hydrogens (tertiary/aromatic N) is 2. The molecule has 2 rings (SSSR count). The number of aromatic nitrogens is 2. The van der Waals surface area contributed by atoms with Gasteiger partial charge in [0.1, 0.15) is 0 Å². The zero-order chi connectivity index (χ0) is 15.1. The van der Waals surface area contributed by atoms with Crippen molar-refractivity contribution in [1.82, 2.24) is 9.78 Å². The lowest BCUT2D eigenvalue weighted by Gasteiger charge is -2.10. The summed E-state index contributed by atoms with van der Waals surface area (Å²) in [4.78, 5) is 0. The summed E-state index contributed by atoms with van der Waals surface area (Å²) in [5, 5.41) is 4.92. The molecule has 0 bridgehead atoms. The molecular weight excluding hydrogens is 332 g/mol. The van der Waals surface area contributed by atoms with Gasteiger partial charge in [-0.15, -0.1) is 11.8 Å². The highest BCUT2D eigenvalue weighted by Gasteiger charge is 2.32. The van der Waals surface area contributed by atoms with Gasteiger partial charge in [-0.25, -0.2) is 0 Å². The molecule has 8 heteroatoms. The van der Waals surface area contributed by atoms with Gasteiger partial charge in [0, 0.05) is 12.6 Å². The molecule has 0 aliphatic heterocycles. The molecule has 1 aromatic heterocycles. The smallest absolute Gasteiger partial charge is 0.262 e. The van der Waals surface area contributed by atoms with Crippen LogP contribution in [0.2, 0.25) is 10.0 Å². The number of alkyl halides is 3. The van der Waals surface area contributed by atoms with Gasteiger partial charge < -0.3 is 0 Å². The van der Waals surface area contributed by atoms with Gasteiger partial charge >= 0.3 is 6.18 Å². The van der Waals surface area contributed by atoms with Crippen molar-refractivity contribution >= 4 is 35.0 Å². The van der Waals surface area contributed by atoms with Crippen LogP contribution in [0.15, 0.2) is 23.2 Å². The molecule has 0 radical (unpaired) electrons. The minimum atomic E-state index is -4.49. The lowest BCUT2D eigenvalue weighted by molar-refractivity contribution is -0.137. The predicted molar refractivity (Wildman–Crippen MR) is 75.4 cm³/mol. The highest BCUT2D eigenvalue weighted by atomic mass is 35.5. The molecule has 1 heterocycles. The average molecular weight is 341 g/mol. The number of aryl methyl sites for hydroxylation is 1. The minimum Gasteiger partial charge on any atom is -0.262 e. The third-order valence-corrected chi connectivity index (χ3v) is 4.07. The Kier molecular flexibility index (Phi) is 4.27. The highest BCUT2D eigenvalue weighted by Crippen LogP contribution is 2.40. The van der Waals surface area contributed by atoms with Crippen molar-refractivity contribution in [2.24, 2.45) is 7.05 Å². The van der Waals surface area contributed by atoms with Crippen molar-refractivity contribution in [3.8, 4) is 11.3 Å². The summed E-state index contributed by atoms with van der Waals surface area (Å²) < 4.78 is 39.6. The van der Waals surface area contributed by atoms with Gasteiger partial charge in [-0.1, -0.05) is 23.2 Å². The van der Waals surface area contributed by atoms with E-state index in [9.17, 15) is 13.2 Å². The van der Waals surface area contributed by atoms with Crippen LogP contribution >= 0.6 is 35.0 Å². The summed E-state index contributed by atoms with van der Waals surface area (Å²) in [5.74, 6) is 0. The quantitative estimate of drug-likeness (QED) is 0.705. The first-order chi connectivity index (χ1) is 9.24. The van der Waals surface area contributed by atoms with Gasteiger partial charge in [-0.3, -0.25) is 4.68 Å². The van der Waals surface area contributed by atoms with Gasteiger partial charge in [0.05, 0.1) is 26.3 Å².